The van der Waals surface area contributed by atoms with Crippen LogP contribution in [0.5, 0.6) is 0 Å². The maximum atomic E-state index is 5.82. The summed E-state index contributed by atoms with van der Waals surface area (Å²) in [6.07, 6.45) is 2.55. The highest BCUT2D eigenvalue weighted by molar-refractivity contribution is 5.41. The Hall–Kier alpha value is -1.09. The molecule has 1 aromatic heterocycles. The molecule has 3 N–H and O–H groups in total. The Bertz CT molecular complexity index is 329. The van der Waals surface area contributed by atoms with Crippen LogP contribution in [0.25, 0.3) is 0 Å². The number of aryl methyl sites for hydroxylation is 1. The molecule has 1 heterocycles. The van der Waals surface area contributed by atoms with E-state index in [0.29, 0.717) is 6.04 Å². The van der Waals surface area contributed by atoms with Crippen LogP contribution >= 0.6 is 0 Å². The third kappa shape index (κ3) is 2.04. The molecule has 76 valence electrons. The standard InChI is InChI=1S/C11H17N3/c1-7(12)10-5-6-11(13-8(10)2)14-9-3-4-9/h5-7,9H,3-4,12H2,1-2H3,(H,13,14)/t7-/m0/s1. The molecule has 0 aromatic carbocycles. The van der Waals surface area contributed by atoms with Crippen LogP contribution in [0, 0.1) is 6.92 Å². The third-order valence-electron chi connectivity index (χ3n) is 2.55. The van der Waals surface area contributed by atoms with Crippen molar-refractivity contribution in [3.63, 3.8) is 0 Å². The Labute approximate surface area is 84.7 Å². The smallest absolute Gasteiger partial charge is 0.126 e. The van der Waals surface area contributed by atoms with E-state index in [-0.39, 0.29) is 6.04 Å². The minimum absolute atomic E-state index is 0.0671. The molecule has 14 heavy (non-hydrogen) atoms. The van der Waals surface area contributed by atoms with E-state index >= 15 is 0 Å². The van der Waals surface area contributed by atoms with E-state index in [1.165, 1.54) is 12.8 Å². The lowest BCUT2D eigenvalue weighted by molar-refractivity contribution is 0.799. The molecule has 0 spiro atoms. The van der Waals surface area contributed by atoms with Crippen LogP contribution < -0.4 is 11.1 Å². The molecule has 0 unspecified atom stereocenters. The lowest BCUT2D eigenvalue weighted by atomic mass is 10.1. The molecule has 3 heteroatoms. The minimum Gasteiger partial charge on any atom is -0.367 e. The van der Waals surface area contributed by atoms with E-state index in [9.17, 15) is 0 Å². The molecule has 1 aromatic rings. The van der Waals surface area contributed by atoms with Crippen molar-refractivity contribution in [2.45, 2.75) is 38.8 Å². The summed E-state index contributed by atoms with van der Waals surface area (Å²) in [5.74, 6) is 0.981. The van der Waals surface area contributed by atoms with Gasteiger partial charge in [-0.2, -0.15) is 0 Å². The number of nitrogens with one attached hydrogen (secondary N) is 1. The van der Waals surface area contributed by atoms with Gasteiger partial charge in [0.05, 0.1) is 0 Å². The van der Waals surface area contributed by atoms with Crippen LogP contribution in [0.15, 0.2) is 12.1 Å². The molecule has 1 saturated carbocycles. The zero-order valence-electron chi connectivity index (χ0n) is 8.75. The van der Waals surface area contributed by atoms with Crippen LogP contribution in [0.3, 0.4) is 0 Å². The Morgan fingerprint density at radius 1 is 1.50 bits per heavy atom. The topological polar surface area (TPSA) is 50.9 Å². The lowest BCUT2D eigenvalue weighted by Gasteiger charge is -2.11. The number of nitrogens with zero attached hydrogens (tertiary/aromatic N) is 1. The molecule has 0 aliphatic heterocycles. The fourth-order valence-electron chi connectivity index (χ4n) is 1.57. The van der Waals surface area contributed by atoms with Crippen molar-refractivity contribution in [2.24, 2.45) is 5.73 Å². The molecular weight excluding hydrogens is 174 g/mol. The second kappa shape index (κ2) is 3.58. The summed E-state index contributed by atoms with van der Waals surface area (Å²) >= 11 is 0. The molecule has 1 aliphatic carbocycles. The second-order valence-electron chi connectivity index (χ2n) is 4.08. The maximum Gasteiger partial charge on any atom is 0.126 e. The molecule has 1 atom stereocenters. The zero-order chi connectivity index (χ0) is 10.1. The molecule has 0 radical (unpaired) electrons. The summed E-state index contributed by atoms with van der Waals surface area (Å²) in [5.41, 5.74) is 7.98. The van der Waals surface area contributed by atoms with Gasteiger partial charge in [0.2, 0.25) is 0 Å². The number of nitrogens with two attached hydrogens (primary N) is 1. The molecule has 0 saturated heterocycles. The molecular formula is C11H17N3. The molecule has 0 amide bonds. The van der Waals surface area contributed by atoms with E-state index in [1.807, 2.05) is 19.9 Å². The second-order valence-corrected chi connectivity index (χ2v) is 4.08. The van der Waals surface area contributed by atoms with Gasteiger partial charge in [0, 0.05) is 17.8 Å². The highest BCUT2D eigenvalue weighted by Gasteiger charge is 2.21. The number of anilines is 1. The summed E-state index contributed by atoms with van der Waals surface area (Å²) in [5, 5.41) is 3.37. The summed E-state index contributed by atoms with van der Waals surface area (Å²) < 4.78 is 0. The largest absolute Gasteiger partial charge is 0.367 e. The monoisotopic (exact) mass is 191 g/mol. The first-order chi connectivity index (χ1) is 6.66. The average Bonchev–Trinajstić information content (AvgIpc) is 2.87. The van der Waals surface area contributed by atoms with Gasteiger partial charge in [0.1, 0.15) is 5.82 Å². The molecule has 0 bridgehead atoms. The van der Waals surface area contributed by atoms with Gasteiger partial charge in [-0.15, -0.1) is 0 Å². The van der Waals surface area contributed by atoms with E-state index in [0.717, 1.165) is 17.1 Å². The van der Waals surface area contributed by atoms with Gasteiger partial charge >= 0.3 is 0 Å². The van der Waals surface area contributed by atoms with Gasteiger partial charge in [0.15, 0.2) is 0 Å². The molecule has 1 fully saturated rings. The van der Waals surface area contributed by atoms with E-state index in [2.05, 4.69) is 16.4 Å². The first-order valence-corrected chi connectivity index (χ1v) is 5.16. The fourth-order valence-corrected chi connectivity index (χ4v) is 1.57. The highest BCUT2D eigenvalue weighted by Crippen LogP contribution is 2.24. The maximum absolute atomic E-state index is 5.82. The van der Waals surface area contributed by atoms with Crippen LogP contribution in [-0.2, 0) is 0 Å². The van der Waals surface area contributed by atoms with Crippen molar-refractivity contribution in [1.29, 1.82) is 0 Å². The highest BCUT2D eigenvalue weighted by atomic mass is 15.0. The van der Waals surface area contributed by atoms with Crippen molar-refractivity contribution < 1.29 is 0 Å². The Morgan fingerprint density at radius 3 is 2.71 bits per heavy atom. The number of hydrogen-bond donors (Lipinski definition) is 2. The van der Waals surface area contributed by atoms with Gasteiger partial charge in [0.25, 0.3) is 0 Å². The fraction of sp³-hybridized carbons (Fsp3) is 0.545. The van der Waals surface area contributed by atoms with Crippen LogP contribution in [0.4, 0.5) is 5.82 Å². The third-order valence-corrected chi connectivity index (χ3v) is 2.55. The SMILES string of the molecule is Cc1nc(NC2CC2)ccc1[C@H](C)N. The molecule has 3 nitrogen and oxygen atoms in total. The Morgan fingerprint density at radius 2 is 2.21 bits per heavy atom. The van der Waals surface area contributed by atoms with Gasteiger partial charge in [-0.05, 0) is 38.3 Å². The first kappa shape index (κ1) is 9.46. The number of aromatic nitrogens is 1. The van der Waals surface area contributed by atoms with Gasteiger partial charge in [-0.1, -0.05) is 6.07 Å². The Kier molecular flexibility index (Phi) is 2.42. The van der Waals surface area contributed by atoms with Crippen molar-refractivity contribution in [3.05, 3.63) is 23.4 Å². The summed E-state index contributed by atoms with van der Waals surface area (Å²) in [4.78, 5) is 4.48. The van der Waals surface area contributed by atoms with Gasteiger partial charge in [-0.3, -0.25) is 0 Å². The summed E-state index contributed by atoms with van der Waals surface area (Å²) in [6.45, 7) is 3.99. The minimum atomic E-state index is 0.0671. The number of hydrogen-bond acceptors (Lipinski definition) is 3. The molecule has 2 rings (SSSR count). The van der Waals surface area contributed by atoms with E-state index in [1.54, 1.807) is 0 Å². The Balaban J connectivity index is 2.16. The van der Waals surface area contributed by atoms with E-state index in [4.69, 9.17) is 5.73 Å². The van der Waals surface area contributed by atoms with Crippen molar-refractivity contribution in [1.82, 2.24) is 4.98 Å². The summed E-state index contributed by atoms with van der Waals surface area (Å²) in [7, 11) is 0. The van der Waals surface area contributed by atoms with Crippen LogP contribution in [0.2, 0.25) is 0 Å². The normalized spacial score (nSPS) is 17.9. The van der Waals surface area contributed by atoms with Crippen LogP contribution in [0.1, 0.15) is 37.1 Å². The van der Waals surface area contributed by atoms with Gasteiger partial charge in [-0.25, -0.2) is 4.98 Å². The predicted octanol–water partition coefficient (Wildman–Crippen LogP) is 1.98. The van der Waals surface area contributed by atoms with Gasteiger partial charge < -0.3 is 11.1 Å². The lowest BCUT2D eigenvalue weighted by Crippen LogP contribution is -2.10. The van der Waals surface area contributed by atoms with Crippen molar-refractivity contribution in [3.8, 4) is 0 Å². The van der Waals surface area contributed by atoms with Crippen molar-refractivity contribution in [2.75, 3.05) is 5.32 Å². The number of pyridine rings is 1. The van der Waals surface area contributed by atoms with E-state index < -0.39 is 0 Å². The number of rotatable bonds is 3. The molecule has 1 aliphatic rings. The first-order valence-electron chi connectivity index (χ1n) is 5.16. The average molecular weight is 191 g/mol. The van der Waals surface area contributed by atoms with Crippen LogP contribution in [-0.4, -0.2) is 11.0 Å². The quantitative estimate of drug-likeness (QED) is 0.768. The zero-order valence-corrected chi connectivity index (χ0v) is 8.75. The summed E-state index contributed by atoms with van der Waals surface area (Å²) in [6, 6.07) is 4.81. The predicted molar refractivity (Wildman–Crippen MR) is 58.2 cm³/mol. The van der Waals surface area contributed by atoms with Crippen molar-refractivity contribution >= 4 is 5.82 Å².